The van der Waals surface area contributed by atoms with E-state index in [9.17, 15) is 4.79 Å². The van der Waals surface area contributed by atoms with Crippen molar-refractivity contribution in [3.05, 3.63) is 23.8 Å². The number of aliphatic imine (C=N–C) groups is 1. The van der Waals surface area contributed by atoms with Gasteiger partial charge in [0, 0.05) is 6.21 Å². The lowest BCUT2D eigenvalue weighted by Gasteiger charge is -1.91. The summed E-state index contributed by atoms with van der Waals surface area (Å²) in [5, 5.41) is 8.49. The van der Waals surface area contributed by atoms with Gasteiger partial charge in [0.25, 0.3) is 0 Å². The van der Waals surface area contributed by atoms with Crippen LogP contribution in [0.4, 0.5) is 0 Å². The molecule has 0 unspecified atom stereocenters. The van der Waals surface area contributed by atoms with E-state index in [1.165, 1.54) is 0 Å². The zero-order valence-electron chi connectivity index (χ0n) is 5.32. The fourth-order valence-electron chi connectivity index (χ4n) is 0.625. The van der Waals surface area contributed by atoms with Gasteiger partial charge in [-0.25, -0.2) is 4.79 Å². The van der Waals surface area contributed by atoms with E-state index in [0.717, 1.165) is 0 Å². The Kier molecular flexibility index (Phi) is 1.99. The molecule has 1 aliphatic heterocycles. The molecule has 1 rings (SSSR count). The van der Waals surface area contributed by atoms with Crippen molar-refractivity contribution in [3.8, 4) is 0 Å². The molecule has 0 atom stereocenters. The van der Waals surface area contributed by atoms with Crippen molar-refractivity contribution in [1.29, 1.82) is 0 Å². The molecule has 0 saturated heterocycles. The molecule has 52 valence electrons. The number of hydrogen-bond donors (Lipinski definition) is 1. The normalized spacial score (nSPS) is 16.2. The fraction of sp³-hybridized carbons (Fsp3) is 0.143. The molecule has 3 nitrogen and oxygen atoms in total. The van der Waals surface area contributed by atoms with Gasteiger partial charge in [-0.15, -0.1) is 0 Å². The average Bonchev–Trinajstić information content (AvgIpc) is 2.12. The largest absolute Gasteiger partial charge is 0.478 e. The quantitative estimate of drug-likeness (QED) is 0.576. The molecule has 1 aliphatic rings. The minimum atomic E-state index is -0.899. The smallest absolute Gasteiger partial charge is 0.333 e. The molecule has 1 N–H and O–H groups in total. The van der Waals surface area contributed by atoms with Gasteiger partial charge < -0.3 is 5.11 Å². The van der Waals surface area contributed by atoms with Crippen LogP contribution in [0.1, 0.15) is 0 Å². The van der Waals surface area contributed by atoms with Crippen molar-refractivity contribution >= 4 is 12.2 Å². The van der Waals surface area contributed by atoms with Crippen LogP contribution in [0.2, 0.25) is 0 Å². The van der Waals surface area contributed by atoms with Gasteiger partial charge in [-0.05, 0) is 12.2 Å². The van der Waals surface area contributed by atoms with Gasteiger partial charge in [0.2, 0.25) is 0 Å². The highest BCUT2D eigenvalue weighted by Gasteiger charge is 2.04. The van der Waals surface area contributed by atoms with Gasteiger partial charge in [-0.1, -0.05) is 6.08 Å². The van der Waals surface area contributed by atoms with E-state index in [4.69, 9.17) is 5.11 Å². The summed E-state index contributed by atoms with van der Waals surface area (Å²) < 4.78 is 0. The molecule has 0 aromatic carbocycles. The third-order valence-corrected chi connectivity index (χ3v) is 1.14. The summed E-state index contributed by atoms with van der Waals surface area (Å²) in [6.45, 7) is 0.266. The fourth-order valence-corrected chi connectivity index (χ4v) is 0.625. The maximum Gasteiger partial charge on any atom is 0.333 e. The molecule has 0 fully saturated rings. The second-order valence-corrected chi connectivity index (χ2v) is 1.87. The van der Waals surface area contributed by atoms with Crippen LogP contribution in [-0.4, -0.2) is 23.8 Å². The van der Waals surface area contributed by atoms with Crippen LogP contribution in [0.15, 0.2) is 28.8 Å². The van der Waals surface area contributed by atoms with Gasteiger partial charge in [-0.2, -0.15) is 0 Å². The van der Waals surface area contributed by atoms with Crippen molar-refractivity contribution in [1.82, 2.24) is 0 Å². The zero-order chi connectivity index (χ0) is 7.40. The van der Waals surface area contributed by atoms with Crippen molar-refractivity contribution in [2.24, 2.45) is 4.99 Å². The summed E-state index contributed by atoms with van der Waals surface area (Å²) in [5.74, 6) is -0.899. The number of aliphatic carboxylic acids is 1. The second-order valence-electron chi connectivity index (χ2n) is 1.87. The highest BCUT2D eigenvalue weighted by molar-refractivity contribution is 5.88. The monoisotopic (exact) mass is 137 g/mol. The molecule has 0 aliphatic carbocycles. The lowest BCUT2D eigenvalue weighted by atomic mass is 10.2. The molecule has 0 aromatic heterocycles. The third-order valence-electron chi connectivity index (χ3n) is 1.14. The van der Waals surface area contributed by atoms with Crippen LogP contribution in [0.3, 0.4) is 0 Å². The van der Waals surface area contributed by atoms with Crippen LogP contribution in [-0.2, 0) is 4.79 Å². The Morgan fingerprint density at radius 2 is 2.40 bits per heavy atom. The first-order chi connectivity index (χ1) is 4.80. The summed E-state index contributed by atoms with van der Waals surface area (Å²) in [5.41, 5.74) is 0.324. The maximum atomic E-state index is 10.3. The van der Waals surface area contributed by atoms with Crippen molar-refractivity contribution < 1.29 is 9.90 Å². The molecule has 3 heteroatoms. The minimum absolute atomic E-state index is 0.266. The van der Waals surface area contributed by atoms with Crippen molar-refractivity contribution in [2.75, 3.05) is 6.54 Å². The summed E-state index contributed by atoms with van der Waals surface area (Å²) in [7, 11) is 0. The summed E-state index contributed by atoms with van der Waals surface area (Å²) in [6.07, 6.45) is 6.51. The van der Waals surface area contributed by atoms with E-state index in [-0.39, 0.29) is 6.54 Å². The van der Waals surface area contributed by atoms with Crippen molar-refractivity contribution in [3.63, 3.8) is 0 Å². The highest BCUT2D eigenvalue weighted by Crippen LogP contribution is 1.98. The number of carboxylic acid groups (broad SMARTS) is 1. The van der Waals surface area contributed by atoms with E-state index in [0.29, 0.717) is 5.57 Å². The Morgan fingerprint density at radius 3 is 3.10 bits per heavy atom. The first kappa shape index (κ1) is 6.74. The average molecular weight is 137 g/mol. The molecule has 0 radical (unpaired) electrons. The van der Waals surface area contributed by atoms with Gasteiger partial charge >= 0.3 is 5.97 Å². The third kappa shape index (κ3) is 1.55. The van der Waals surface area contributed by atoms with Gasteiger partial charge in [0.1, 0.15) is 0 Å². The number of carboxylic acids is 1. The summed E-state index contributed by atoms with van der Waals surface area (Å²) >= 11 is 0. The topological polar surface area (TPSA) is 49.7 Å². The Hall–Kier alpha value is -1.38. The maximum absolute atomic E-state index is 10.3. The SMILES string of the molecule is O=C(O)C1=CC=CC=NC1. The summed E-state index contributed by atoms with van der Waals surface area (Å²) in [6, 6.07) is 0. The van der Waals surface area contributed by atoms with E-state index in [1.807, 2.05) is 0 Å². The number of hydrogen-bond acceptors (Lipinski definition) is 2. The van der Waals surface area contributed by atoms with Crippen molar-refractivity contribution in [2.45, 2.75) is 0 Å². The molecule has 0 bridgehead atoms. The van der Waals surface area contributed by atoms with Crippen LogP contribution in [0.5, 0.6) is 0 Å². The molecule has 1 heterocycles. The zero-order valence-corrected chi connectivity index (χ0v) is 5.32. The predicted molar refractivity (Wildman–Crippen MR) is 38.2 cm³/mol. The predicted octanol–water partition coefficient (Wildman–Crippen LogP) is 0.638. The summed E-state index contributed by atoms with van der Waals surface area (Å²) in [4.78, 5) is 14.1. The molecule has 0 aromatic rings. The van der Waals surface area contributed by atoms with E-state index >= 15 is 0 Å². The Morgan fingerprint density at radius 1 is 1.60 bits per heavy atom. The lowest BCUT2D eigenvalue weighted by Crippen LogP contribution is -2.02. The minimum Gasteiger partial charge on any atom is -0.478 e. The molecule has 10 heavy (non-hydrogen) atoms. The van der Waals surface area contributed by atoms with E-state index < -0.39 is 5.97 Å². The number of carbonyl (C=O) groups is 1. The number of nitrogens with zero attached hydrogens (tertiary/aromatic N) is 1. The van der Waals surface area contributed by atoms with Crippen LogP contribution < -0.4 is 0 Å². The first-order valence-corrected chi connectivity index (χ1v) is 2.89. The van der Waals surface area contributed by atoms with Gasteiger partial charge in [0.05, 0.1) is 12.1 Å². The van der Waals surface area contributed by atoms with E-state index in [1.54, 1.807) is 24.4 Å². The van der Waals surface area contributed by atoms with Gasteiger partial charge in [0.15, 0.2) is 0 Å². The molecular formula is C7H7NO2. The second kappa shape index (κ2) is 2.96. The standard InChI is InChI=1S/C7H7NO2/c9-7(10)6-3-1-2-4-8-5-6/h1-4H,5H2,(H,9,10). The number of allylic oxidation sites excluding steroid dienone is 3. The number of rotatable bonds is 1. The molecule has 0 spiro atoms. The van der Waals surface area contributed by atoms with Crippen LogP contribution in [0, 0.1) is 0 Å². The van der Waals surface area contributed by atoms with Crippen LogP contribution >= 0.6 is 0 Å². The molecule has 0 saturated carbocycles. The van der Waals surface area contributed by atoms with Crippen LogP contribution in [0.25, 0.3) is 0 Å². The van der Waals surface area contributed by atoms with Gasteiger partial charge in [-0.3, -0.25) is 4.99 Å². The Labute approximate surface area is 58.4 Å². The van der Waals surface area contributed by atoms with E-state index in [2.05, 4.69) is 4.99 Å². The lowest BCUT2D eigenvalue weighted by molar-refractivity contribution is -0.132. The first-order valence-electron chi connectivity index (χ1n) is 2.89. The Balaban J connectivity index is 2.78. The highest BCUT2D eigenvalue weighted by atomic mass is 16.4. The molecular weight excluding hydrogens is 130 g/mol. The Bertz CT molecular complexity index is 226. The molecule has 0 amide bonds.